The minimum atomic E-state index is -0.858. The number of aromatic nitrogens is 2. The van der Waals surface area contributed by atoms with Crippen molar-refractivity contribution in [2.45, 2.75) is 52.7 Å². The number of aryl methyl sites for hydroxylation is 3. The second-order valence-electron chi connectivity index (χ2n) is 9.86. The predicted octanol–water partition coefficient (Wildman–Crippen LogP) is 5.20. The van der Waals surface area contributed by atoms with E-state index in [1.165, 1.54) is 0 Å². The molecule has 4 rings (SSSR count). The van der Waals surface area contributed by atoms with Crippen molar-refractivity contribution in [1.29, 1.82) is 0 Å². The number of pyridine rings is 1. The number of fused-ring (bicyclic) bond motifs is 1. The number of carbonyl (C=O) groups excluding carboxylic acids is 2. The number of nitrogens with zero attached hydrogens (tertiary/aromatic N) is 2. The molecule has 40 heavy (non-hydrogen) atoms. The lowest BCUT2D eigenvalue weighted by molar-refractivity contribution is -0.137. The number of anilines is 1. The molecule has 2 aromatic carbocycles. The van der Waals surface area contributed by atoms with Crippen LogP contribution in [-0.2, 0) is 22.6 Å². The Hall–Kier alpha value is -4.66. The summed E-state index contributed by atoms with van der Waals surface area (Å²) < 4.78 is 7.80. The van der Waals surface area contributed by atoms with Crippen LogP contribution in [0.15, 0.2) is 60.9 Å². The van der Waals surface area contributed by atoms with E-state index < -0.39 is 12.0 Å². The van der Waals surface area contributed by atoms with E-state index in [9.17, 15) is 14.4 Å². The van der Waals surface area contributed by atoms with Gasteiger partial charge in [0.15, 0.2) is 0 Å². The van der Waals surface area contributed by atoms with Crippen LogP contribution >= 0.6 is 0 Å². The molecule has 0 aliphatic rings. The third kappa shape index (κ3) is 6.66. The Bertz CT molecular complexity index is 1560. The zero-order valence-corrected chi connectivity index (χ0v) is 23.2. The second-order valence-corrected chi connectivity index (χ2v) is 9.86. The van der Waals surface area contributed by atoms with E-state index in [0.717, 1.165) is 33.3 Å². The molecule has 0 fully saturated rings. The summed E-state index contributed by atoms with van der Waals surface area (Å²) in [5, 5.41) is 15.8. The first-order chi connectivity index (χ1) is 19.2. The summed E-state index contributed by atoms with van der Waals surface area (Å²) in [6.07, 6.45) is 4.59. The number of carbonyl (C=O) groups is 3. The summed E-state index contributed by atoms with van der Waals surface area (Å²) in [7, 11) is 1.58. The molecule has 2 aromatic heterocycles. The summed E-state index contributed by atoms with van der Waals surface area (Å²) >= 11 is 0. The molecule has 0 saturated heterocycles. The topological polar surface area (TPSA) is 123 Å². The van der Waals surface area contributed by atoms with Gasteiger partial charge in [0.05, 0.1) is 0 Å². The highest BCUT2D eigenvalue weighted by Crippen LogP contribution is 2.28. The fourth-order valence-corrected chi connectivity index (χ4v) is 4.65. The van der Waals surface area contributed by atoms with E-state index in [1.54, 1.807) is 31.4 Å². The van der Waals surface area contributed by atoms with Gasteiger partial charge in [-0.05, 0) is 74.6 Å². The van der Waals surface area contributed by atoms with Crippen molar-refractivity contribution in [3.05, 3.63) is 88.9 Å². The molecule has 3 N–H and O–H groups in total. The lowest BCUT2D eigenvalue weighted by Crippen LogP contribution is -2.24. The number of nitrogens with one attached hydrogen (secondary N) is 2. The van der Waals surface area contributed by atoms with Crippen LogP contribution < -0.4 is 15.4 Å². The van der Waals surface area contributed by atoms with Crippen molar-refractivity contribution in [1.82, 2.24) is 14.9 Å². The molecule has 0 aliphatic heterocycles. The number of carboxylic acid groups (broad SMARTS) is 1. The Balaban J connectivity index is 1.59. The van der Waals surface area contributed by atoms with Crippen molar-refractivity contribution in [3.63, 3.8) is 0 Å². The maximum absolute atomic E-state index is 13.6. The number of rotatable bonds is 11. The largest absolute Gasteiger partial charge is 0.489 e. The van der Waals surface area contributed by atoms with E-state index in [2.05, 4.69) is 15.6 Å². The zero-order chi connectivity index (χ0) is 28.8. The molecule has 0 aliphatic carbocycles. The zero-order valence-electron chi connectivity index (χ0n) is 23.2. The van der Waals surface area contributed by atoms with E-state index in [-0.39, 0.29) is 18.2 Å². The third-order valence-electron chi connectivity index (χ3n) is 6.86. The maximum Gasteiger partial charge on any atom is 0.303 e. The predicted molar refractivity (Wildman–Crippen MR) is 154 cm³/mol. The fourth-order valence-electron chi connectivity index (χ4n) is 4.65. The number of aliphatic carboxylic acids is 1. The van der Waals surface area contributed by atoms with Crippen LogP contribution in [0.1, 0.15) is 58.5 Å². The highest BCUT2D eigenvalue weighted by atomic mass is 16.5. The number of hydrogen-bond acceptors (Lipinski definition) is 5. The molecule has 2 heterocycles. The van der Waals surface area contributed by atoms with Gasteiger partial charge in [-0.25, -0.2) is 0 Å². The first-order valence-corrected chi connectivity index (χ1v) is 13.2. The van der Waals surface area contributed by atoms with Gasteiger partial charge in [0, 0.05) is 59.8 Å². The van der Waals surface area contributed by atoms with Crippen molar-refractivity contribution in [2.75, 3.05) is 12.4 Å². The van der Waals surface area contributed by atoms with Crippen LogP contribution in [0.3, 0.4) is 0 Å². The van der Waals surface area contributed by atoms with Crippen LogP contribution in [0.5, 0.6) is 5.75 Å². The number of amides is 2. The maximum atomic E-state index is 13.6. The minimum absolute atomic E-state index is 0.0400. The molecular formula is C31H34N4O5. The normalized spacial score (nSPS) is 11.7. The highest BCUT2D eigenvalue weighted by Gasteiger charge is 2.20. The van der Waals surface area contributed by atoms with Crippen molar-refractivity contribution in [3.8, 4) is 5.75 Å². The van der Waals surface area contributed by atoms with Crippen molar-refractivity contribution in [2.24, 2.45) is 0 Å². The molecular weight excluding hydrogens is 508 g/mol. The first kappa shape index (κ1) is 28.4. The van der Waals surface area contributed by atoms with Gasteiger partial charge < -0.3 is 25.0 Å². The van der Waals surface area contributed by atoms with E-state index >= 15 is 0 Å². The molecule has 0 radical (unpaired) electrons. The standard InChI is InChI=1S/C31H34N4O5/c1-19-17-35(28-16-24(31(39)32-4)10-11-26(19)28)21(3)30(38)34-27-15-22(8-9-23(27)6-5-7-29(36)37)18-40-25-12-13-33-20(2)14-25/h8-17,21H,5-7,18H2,1-4H3,(H,32,39)(H,34,38)(H,36,37). The van der Waals surface area contributed by atoms with Gasteiger partial charge in [-0.15, -0.1) is 0 Å². The fraction of sp³-hybridized carbons (Fsp3) is 0.290. The SMILES string of the molecule is CNC(=O)c1ccc2c(C)cn(C(C)C(=O)Nc3cc(COc4ccnc(C)c4)ccc3CCCC(=O)O)c2c1. The van der Waals surface area contributed by atoms with E-state index in [0.29, 0.717) is 36.4 Å². The molecule has 208 valence electrons. The monoisotopic (exact) mass is 542 g/mol. The second kappa shape index (κ2) is 12.5. The summed E-state index contributed by atoms with van der Waals surface area (Å²) in [5.41, 5.74) is 5.48. The molecule has 0 spiro atoms. The average molecular weight is 543 g/mol. The summed E-state index contributed by atoms with van der Waals surface area (Å²) in [6, 6.07) is 14.2. The van der Waals surface area contributed by atoms with Gasteiger partial charge in [-0.3, -0.25) is 19.4 Å². The smallest absolute Gasteiger partial charge is 0.303 e. The minimum Gasteiger partial charge on any atom is -0.489 e. The lowest BCUT2D eigenvalue weighted by Gasteiger charge is -2.18. The van der Waals surface area contributed by atoms with Crippen LogP contribution in [0, 0.1) is 13.8 Å². The van der Waals surface area contributed by atoms with Crippen LogP contribution in [0.2, 0.25) is 0 Å². The number of carboxylic acids is 1. The summed E-state index contributed by atoms with van der Waals surface area (Å²) in [6.45, 7) is 5.96. The number of ether oxygens (including phenoxy) is 1. The van der Waals surface area contributed by atoms with Crippen molar-refractivity contribution < 1.29 is 24.2 Å². The van der Waals surface area contributed by atoms with E-state index in [4.69, 9.17) is 9.84 Å². The van der Waals surface area contributed by atoms with Crippen LogP contribution in [-0.4, -0.2) is 39.5 Å². The Morgan fingerprint density at radius 3 is 2.60 bits per heavy atom. The molecule has 0 bridgehead atoms. The lowest BCUT2D eigenvalue weighted by atomic mass is 10.0. The van der Waals surface area contributed by atoms with Gasteiger partial charge in [-0.1, -0.05) is 18.2 Å². The molecule has 2 amide bonds. The van der Waals surface area contributed by atoms with Gasteiger partial charge in [0.2, 0.25) is 5.91 Å². The Labute approximate surface area is 233 Å². The number of benzene rings is 2. The molecule has 9 nitrogen and oxygen atoms in total. The van der Waals surface area contributed by atoms with Gasteiger partial charge in [0.1, 0.15) is 18.4 Å². The Morgan fingerprint density at radius 2 is 1.88 bits per heavy atom. The molecule has 0 saturated carbocycles. The third-order valence-corrected chi connectivity index (χ3v) is 6.86. The summed E-state index contributed by atoms with van der Waals surface area (Å²) in [5.74, 6) is -0.591. The molecule has 4 aromatic rings. The van der Waals surface area contributed by atoms with Gasteiger partial charge in [0.25, 0.3) is 5.91 Å². The first-order valence-electron chi connectivity index (χ1n) is 13.2. The Kier molecular flexibility index (Phi) is 8.83. The van der Waals surface area contributed by atoms with Gasteiger partial charge in [-0.2, -0.15) is 0 Å². The summed E-state index contributed by atoms with van der Waals surface area (Å²) in [4.78, 5) is 41.0. The van der Waals surface area contributed by atoms with Crippen LogP contribution in [0.25, 0.3) is 10.9 Å². The van der Waals surface area contributed by atoms with E-state index in [1.807, 2.05) is 61.9 Å². The number of hydrogen-bond donors (Lipinski definition) is 3. The average Bonchev–Trinajstić information content (AvgIpc) is 3.27. The molecule has 1 atom stereocenters. The highest BCUT2D eigenvalue weighted by molar-refractivity contribution is 6.00. The molecule has 9 heteroatoms. The Morgan fingerprint density at radius 1 is 1.07 bits per heavy atom. The molecule has 1 unspecified atom stereocenters. The quantitative estimate of drug-likeness (QED) is 0.240. The van der Waals surface area contributed by atoms with Crippen molar-refractivity contribution >= 4 is 34.4 Å². The van der Waals surface area contributed by atoms with Crippen LogP contribution in [0.4, 0.5) is 5.69 Å². The van der Waals surface area contributed by atoms with Gasteiger partial charge >= 0.3 is 5.97 Å².